The summed E-state index contributed by atoms with van der Waals surface area (Å²) in [7, 11) is 0. The maximum Gasteiger partial charge on any atom is 0.243 e. The Labute approximate surface area is 74.0 Å². The van der Waals surface area contributed by atoms with E-state index < -0.39 is 0 Å². The van der Waals surface area contributed by atoms with Gasteiger partial charge in [0.05, 0.1) is 6.04 Å². The van der Waals surface area contributed by atoms with Crippen molar-refractivity contribution < 1.29 is 4.79 Å². The first-order chi connectivity index (χ1) is 5.86. The molecule has 0 unspecified atom stereocenters. The number of rotatable bonds is 2. The first-order valence-corrected chi connectivity index (χ1v) is 4.68. The van der Waals surface area contributed by atoms with Crippen LogP contribution in [-0.4, -0.2) is 23.5 Å². The number of carbonyl (C=O) groups excluding carboxylic acids is 1. The Kier molecular flexibility index (Phi) is 2.05. The predicted octanol–water partition coefficient (Wildman–Crippen LogP) is 0.444. The number of hydrogen-bond donors (Lipinski definition) is 2. The first kappa shape index (κ1) is 7.70. The Morgan fingerprint density at radius 2 is 2.67 bits per heavy atom. The van der Waals surface area contributed by atoms with E-state index in [9.17, 15) is 4.79 Å². The second kappa shape index (κ2) is 3.20. The Morgan fingerprint density at radius 3 is 3.17 bits per heavy atom. The molecule has 0 saturated carbocycles. The van der Waals surface area contributed by atoms with Crippen LogP contribution in [0, 0.1) is 0 Å². The summed E-state index contributed by atoms with van der Waals surface area (Å²) >= 11 is 1.43. The van der Waals surface area contributed by atoms with Crippen LogP contribution >= 0.6 is 11.3 Å². The standard InChI is InChI=1S/C7H9N3OS/c11-6(5-1-2-8-5)10-7-9-3-4-12-7/h3-5,8H,1-2H2,(H,9,10,11)/t5-/m1/s1. The van der Waals surface area contributed by atoms with E-state index in [0.717, 1.165) is 13.0 Å². The molecule has 1 aliphatic rings. The number of nitrogens with one attached hydrogen (secondary N) is 2. The summed E-state index contributed by atoms with van der Waals surface area (Å²) < 4.78 is 0. The fraction of sp³-hybridized carbons (Fsp3) is 0.429. The Morgan fingerprint density at radius 1 is 1.83 bits per heavy atom. The molecule has 1 atom stereocenters. The monoisotopic (exact) mass is 183 g/mol. The van der Waals surface area contributed by atoms with Crippen molar-refractivity contribution in [2.45, 2.75) is 12.5 Å². The van der Waals surface area contributed by atoms with Gasteiger partial charge in [-0.25, -0.2) is 4.98 Å². The maximum absolute atomic E-state index is 11.3. The van der Waals surface area contributed by atoms with Gasteiger partial charge in [0, 0.05) is 11.6 Å². The van der Waals surface area contributed by atoms with Crippen LogP contribution in [0.4, 0.5) is 5.13 Å². The molecule has 1 saturated heterocycles. The average Bonchev–Trinajstić information content (AvgIpc) is 2.34. The van der Waals surface area contributed by atoms with Crippen LogP contribution in [0.5, 0.6) is 0 Å². The van der Waals surface area contributed by atoms with Crippen LogP contribution in [-0.2, 0) is 4.79 Å². The van der Waals surface area contributed by atoms with E-state index in [1.165, 1.54) is 11.3 Å². The van der Waals surface area contributed by atoms with Crippen molar-refractivity contribution in [1.82, 2.24) is 10.3 Å². The minimum atomic E-state index is -0.00565. The molecule has 5 heteroatoms. The van der Waals surface area contributed by atoms with Crippen molar-refractivity contribution >= 4 is 22.4 Å². The predicted molar refractivity (Wildman–Crippen MR) is 47.2 cm³/mol. The topological polar surface area (TPSA) is 54.0 Å². The number of aromatic nitrogens is 1. The Bertz CT molecular complexity index is 268. The zero-order chi connectivity index (χ0) is 8.39. The molecule has 12 heavy (non-hydrogen) atoms. The number of hydrogen-bond acceptors (Lipinski definition) is 4. The Hall–Kier alpha value is -0.940. The van der Waals surface area contributed by atoms with E-state index in [0.29, 0.717) is 5.13 Å². The molecule has 2 N–H and O–H groups in total. The van der Waals surface area contributed by atoms with E-state index in [1.54, 1.807) is 6.20 Å². The van der Waals surface area contributed by atoms with Crippen molar-refractivity contribution in [2.24, 2.45) is 0 Å². The van der Waals surface area contributed by atoms with Gasteiger partial charge in [-0.1, -0.05) is 0 Å². The third-order valence-corrected chi connectivity index (χ3v) is 2.49. The van der Waals surface area contributed by atoms with Gasteiger partial charge in [0.1, 0.15) is 0 Å². The lowest BCUT2D eigenvalue weighted by Crippen LogP contribution is -2.50. The summed E-state index contributed by atoms with van der Waals surface area (Å²) in [5.41, 5.74) is 0. The minimum Gasteiger partial charge on any atom is -0.306 e. The summed E-state index contributed by atoms with van der Waals surface area (Å²) in [4.78, 5) is 15.2. The highest BCUT2D eigenvalue weighted by molar-refractivity contribution is 7.13. The number of thiazole rings is 1. The lowest BCUT2D eigenvalue weighted by Gasteiger charge is -2.25. The molecular formula is C7H9N3OS. The molecule has 1 amide bonds. The quantitative estimate of drug-likeness (QED) is 0.699. The van der Waals surface area contributed by atoms with Gasteiger partial charge in [-0.2, -0.15) is 0 Å². The molecule has 1 aliphatic heterocycles. The fourth-order valence-electron chi connectivity index (χ4n) is 0.990. The van der Waals surface area contributed by atoms with Crippen LogP contribution in [0.25, 0.3) is 0 Å². The molecule has 0 radical (unpaired) electrons. The molecule has 64 valence electrons. The van der Waals surface area contributed by atoms with Gasteiger partial charge in [0.2, 0.25) is 5.91 Å². The highest BCUT2D eigenvalue weighted by atomic mass is 32.1. The number of nitrogens with zero attached hydrogens (tertiary/aromatic N) is 1. The van der Waals surface area contributed by atoms with Gasteiger partial charge in [-0.3, -0.25) is 4.79 Å². The zero-order valence-electron chi connectivity index (χ0n) is 6.41. The smallest absolute Gasteiger partial charge is 0.243 e. The molecule has 1 aromatic rings. The minimum absolute atomic E-state index is 0.00565. The summed E-state index contributed by atoms with van der Waals surface area (Å²) in [6.07, 6.45) is 2.60. The summed E-state index contributed by atoms with van der Waals surface area (Å²) in [5, 5.41) is 8.26. The molecule has 1 aromatic heterocycles. The second-order valence-corrected chi connectivity index (χ2v) is 3.52. The van der Waals surface area contributed by atoms with Crippen LogP contribution in [0.3, 0.4) is 0 Å². The molecule has 2 heterocycles. The number of anilines is 1. The SMILES string of the molecule is O=C(Nc1nccs1)[C@H]1CCN1. The lowest BCUT2D eigenvalue weighted by atomic mass is 10.1. The third-order valence-electron chi connectivity index (χ3n) is 1.80. The largest absolute Gasteiger partial charge is 0.306 e. The molecule has 0 spiro atoms. The van der Waals surface area contributed by atoms with E-state index >= 15 is 0 Å². The van der Waals surface area contributed by atoms with Crippen molar-refractivity contribution in [2.75, 3.05) is 11.9 Å². The molecule has 2 rings (SSSR count). The highest BCUT2D eigenvalue weighted by Gasteiger charge is 2.24. The molecule has 0 aliphatic carbocycles. The maximum atomic E-state index is 11.3. The van der Waals surface area contributed by atoms with Gasteiger partial charge in [-0.15, -0.1) is 11.3 Å². The third kappa shape index (κ3) is 1.46. The number of amides is 1. The van der Waals surface area contributed by atoms with Crippen molar-refractivity contribution in [3.8, 4) is 0 Å². The van der Waals surface area contributed by atoms with Crippen molar-refractivity contribution in [3.05, 3.63) is 11.6 Å². The van der Waals surface area contributed by atoms with E-state index in [2.05, 4.69) is 15.6 Å². The molecule has 1 fully saturated rings. The van der Waals surface area contributed by atoms with E-state index in [4.69, 9.17) is 0 Å². The van der Waals surface area contributed by atoms with Gasteiger partial charge < -0.3 is 10.6 Å². The van der Waals surface area contributed by atoms with Crippen LogP contribution in [0.1, 0.15) is 6.42 Å². The highest BCUT2D eigenvalue weighted by Crippen LogP contribution is 2.12. The summed E-state index contributed by atoms with van der Waals surface area (Å²) in [5.74, 6) is 0.0243. The van der Waals surface area contributed by atoms with Gasteiger partial charge >= 0.3 is 0 Å². The van der Waals surface area contributed by atoms with Gasteiger partial charge in [0.15, 0.2) is 5.13 Å². The average molecular weight is 183 g/mol. The zero-order valence-corrected chi connectivity index (χ0v) is 7.23. The molecule has 0 bridgehead atoms. The van der Waals surface area contributed by atoms with E-state index in [1.807, 2.05) is 5.38 Å². The van der Waals surface area contributed by atoms with Crippen LogP contribution in [0.15, 0.2) is 11.6 Å². The summed E-state index contributed by atoms with van der Waals surface area (Å²) in [6.45, 7) is 0.940. The summed E-state index contributed by atoms with van der Waals surface area (Å²) in [6, 6.07) is -0.00565. The second-order valence-electron chi connectivity index (χ2n) is 2.62. The number of carbonyl (C=O) groups is 1. The first-order valence-electron chi connectivity index (χ1n) is 3.80. The molecular weight excluding hydrogens is 174 g/mol. The van der Waals surface area contributed by atoms with Crippen LogP contribution in [0.2, 0.25) is 0 Å². The normalized spacial score (nSPS) is 21.5. The van der Waals surface area contributed by atoms with Crippen molar-refractivity contribution in [1.29, 1.82) is 0 Å². The molecule has 0 aromatic carbocycles. The van der Waals surface area contributed by atoms with Crippen molar-refractivity contribution in [3.63, 3.8) is 0 Å². The van der Waals surface area contributed by atoms with Gasteiger partial charge in [-0.05, 0) is 13.0 Å². The Balaban J connectivity index is 1.90. The van der Waals surface area contributed by atoms with E-state index in [-0.39, 0.29) is 11.9 Å². The molecule has 4 nitrogen and oxygen atoms in total. The van der Waals surface area contributed by atoms with Gasteiger partial charge in [0.25, 0.3) is 0 Å². The fourth-order valence-corrected chi connectivity index (χ4v) is 1.52. The van der Waals surface area contributed by atoms with Crippen LogP contribution < -0.4 is 10.6 Å². The lowest BCUT2D eigenvalue weighted by molar-refractivity contribution is -0.119.